The maximum Gasteiger partial charge on any atom is 0.211 e. The summed E-state index contributed by atoms with van der Waals surface area (Å²) in [6.07, 6.45) is 7.67. The van der Waals surface area contributed by atoms with Crippen LogP contribution in [-0.2, 0) is 10.0 Å². The summed E-state index contributed by atoms with van der Waals surface area (Å²) < 4.78 is 26.3. The van der Waals surface area contributed by atoms with Crippen molar-refractivity contribution in [2.24, 2.45) is 5.41 Å². The predicted molar refractivity (Wildman–Crippen MR) is 76.0 cm³/mol. The molecule has 1 N–H and O–H groups in total. The van der Waals surface area contributed by atoms with E-state index in [9.17, 15) is 8.42 Å². The van der Waals surface area contributed by atoms with Crippen molar-refractivity contribution in [2.75, 3.05) is 17.6 Å². The summed E-state index contributed by atoms with van der Waals surface area (Å²) in [6, 6.07) is 0. The maximum absolute atomic E-state index is 11.8. The zero-order chi connectivity index (χ0) is 12.8. The van der Waals surface area contributed by atoms with Gasteiger partial charge in [-0.25, -0.2) is 13.1 Å². The molecule has 0 aromatic rings. The number of halogens is 1. The van der Waals surface area contributed by atoms with Crippen LogP contribution in [0.2, 0.25) is 0 Å². The van der Waals surface area contributed by atoms with Crippen molar-refractivity contribution in [2.45, 2.75) is 51.9 Å². The summed E-state index contributed by atoms with van der Waals surface area (Å²) in [5.41, 5.74) is 0.150. The molecule has 1 rings (SSSR count). The van der Waals surface area contributed by atoms with Crippen LogP contribution in [0.15, 0.2) is 0 Å². The zero-order valence-corrected chi connectivity index (χ0v) is 13.1. The van der Waals surface area contributed by atoms with Gasteiger partial charge >= 0.3 is 0 Å². The largest absolute Gasteiger partial charge is 0.215 e. The fourth-order valence-electron chi connectivity index (χ4n) is 2.33. The highest BCUT2D eigenvalue weighted by molar-refractivity contribution is 9.09. The van der Waals surface area contributed by atoms with Crippen LogP contribution in [0, 0.1) is 5.41 Å². The minimum absolute atomic E-state index is 0.150. The molecule has 17 heavy (non-hydrogen) atoms. The van der Waals surface area contributed by atoms with Gasteiger partial charge in [-0.05, 0) is 24.7 Å². The molecular formula is C12H24BrNO2S. The van der Waals surface area contributed by atoms with Crippen molar-refractivity contribution in [1.82, 2.24) is 4.72 Å². The highest BCUT2D eigenvalue weighted by Crippen LogP contribution is 2.37. The monoisotopic (exact) mass is 325 g/mol. The molecule has 1 aliphatic rings. The topological polar surface area (TPSA) is 46.2 Å². The number of rotatable bonds is 7. The lowest BCUT2D eigenvalue weighted by Gasteiger charge is -2.35. The van der Waals surface area contributed by atoms with Crippen molar-refractivity contribution in [3.05, 3.63) is 0 Å². The average Bonchev–Trinajstić information content (AvgIpc) is 2.35. The summed E-state index contributed by atoms with van der Waals surface area (Å²) >= 11 is 3.55. The van der Waals surface area contributed by atoms with Crippen LogP contribution in [0.1, 0.15) is 51.9 Å². The van der Waals surface area contributed by atoms with Crippen LogP contribution in [0.4, 0.5) is 0 Å². The van der Waals surface area contributed by atoms with Crippen molar-refractivity contribution in [3.8, 4) is 0 Å². The normalized spacial score (nSPS) is 20.4. The molecule has 0 amide bonds. The Morgan fingerprint density at radius 1 is 1.24 bits per heavy atom. The number of alkyl halides is 1. The molecule has 0 aliphatic heterocycles. The van der Waals surface area contributed by atoms with Gasteiger partial charge in [-0.1, -0.05) is 48.5 Å². The molecule has 1 fully saturated rings. The Bertz CT molecular complexity index is 310. The van der Waals surface area contributed by atoms with Gasteiger partial charge in [-0.2, -0.15) is 0 Å². The second kappa shape index (κ2) is 7.10. The van der Waals surface area contributed by atoms with Crippen LogP contribution < -0.4 is 4.72 Å². The lowest BCUT2D eigenvalue weighted by molar-refractivity contribution is 0.227. The van der Waals surface area contributed by atoms with Crippen molar-refractivity contribution < 1.29 is 8.42 Å². The van der Waals surface area contributed by atoms with E-state index < -0.39 is 10.0 Å². The molecule has 102 valence electrons. The molecule has 0 bridgehead atoms. The molecule has 3 nitrogen and oxygen atoms in total. The summed E-state index contributed by atoms with van der Waals surface area (Å²) in [5, 5.41) is 0.899. The van der Waals surface area contributed by atoms with Gasteiger partial charge in [0.15, 0.2) is 0 Å². The Labute approximate surface area is 114 Å². The number of unbranched alkanes of at least 4 members (excludes halogenated alkanes) is 1. The van der Waals surface area contributed by atoms with Crippen molar-refractivity contribution >= 4 is 26.0 Å². The first-order valence-corrected chi connectivity index (χ1v) is 9.34. The zero-order valence-electron chi connectivity index (χ0n) is 10.7. The quantitative estimate of drug-likeness (QED) is 0.731. The standard InChI is InChI=1S/C12H24BrNO2S/c1-2-3-9-17(15,16)14-11-12(10-13)7-5-4-6-8-12/h14H,2-11H2,1H3. The van der Waals surface area contributed by atoms with Crippen molar-refractivity contribution in [1.29, 1.82) is 0 Å². The lowest BCUT2D eigenvalue weighted by Crippen LogP contribution is -2.40. The van der Waals surface area contributed by atoms with Gasteiger partial charge in [0.1, 0.15) is 0 Å². The molecule has 1 saturated carbocycles. The summed E-state index contributed by atoms with van der Waals surface area (Å²) in [6.45, 7) is 2.61. The molecule has 0 unspecified atom stereocenters. The third kappa shape index (κ3) is 5.26. The molecule has 0 heterocycles. The SMILES string of the molecule is CCCCS(=O)(=O)NCC1(CBr)CCCCC1. The number of nitrogens with one attached hydrogen (secondary N) is 1. The van der Waals surface area contributed by atoms with E-state index in [1.54, 1.807) is 0 Å². The van der Waals surface area contributed by atoms with Gasteiger partial charge in [0.2, 0.25) is 10.0 Å². The van der Waals surface area contributed by atoms with E-state index in [1.807, 2.05) is 6.92 Å². The van der Waals surface area contributed by atoms with Crippen molar-refractivity contribution in [3.63, 3.8) is 0 Å². The molecule has 0 aromatic carbocycles. The minimum Gasteiger partial charge on any atom is -0.215 e. The number of hydrogen-bond donors (Lipinski definition) is 1. The Hall–Kier alpha value is 0.390. The van der Waals surface area contributed by atoms with E-state index >= 15 is 0 Å². The van der Waals surface area contributed by atoms with Gasteiger partial charge in [-0.15, -0.1) is 0 Å². The van der Waals surface area contributed by atoms with Crippen LogP contribution in [-0.4, -0.2) is 26.0 Å². The highest BCUT2D eigenvalue weighted by Gasteiger charge is 2.31. The van der Waals surface area contributed by atoms with E-state index in [1.165, 1.54) is 19.3 Å². The molecule has 1 aliphatic carbocycles. The van der Waals surface area contributed by atoms with Gasteiger partial charge < -0.3 is 0 Å². The van der Waals surface area contributed by atoms with E-state index in [0.717, 1.165) is 31.0 Å². The number of sulfonamides is 1. The smallest absolute Gasteiger partial charge is 0.211 e. The maximum atomic E-state index is 11.8. The van der Waals surface area contributed by atoms with Crippen LogP contribution >= 0.6 is 15.9 Å². The fraction of sp³-hybridized carbons (Fsp3) is 1.00. The summed E-state index contributed by atoms with van der Waals surface area (Å²) in [7, 11) is -3.06. The Morgan fingerprint density at radius 2 is 1.88 bits per heavy atom. The average molecular weight is 326 g/mol. The molecule has 0 saturated heterocycles. The molecule has 5 heteroatoms. The Balaban J connectivity index is 2.46. The summed E-state index contributed by atoms with van der Waals surface area (Å²) in [5.74, 6) is 0.266. The van der Waals surface area contributed by atoms with E-state index in [-0.39, 0.29) is 11.2 Å². The highest BCUT2D eigenvalue weighted by atomic mass is 79.9. The van der Waals surface area contributed by atoms with E-state index in [0.29, 0.717) is 6.54 Å². The third-order valence-corrected chi connectivity index (χ3v) is 6.23. The first kappa shape index (κ1) is 15.4. The first-order chi connectivity index (χ1) is 8.04. The fourth-order valence-corrected chi connectivity index (χ4v) is 4.43. The molecule has 0 aromatic heterocycles. The molecule has 0 spiro atoms. The lowest BCUT2D eigenvalue weighted by atomic mass is 9.76. The minimum atomic E-state index is -3.06. The van der Waals surface area contributed by atoms with Crippen LogP contribution in [0.3, 0.4) is 0 Å². The second-order valence-corrected chi connectivity index (χ2v) is 7.67. The van der Waals surface area contributed by atoms with Gasteiger partial charge in [0.25, 0.3) is 0 Å². The predicted octanol–water partition coefficient (Wildman–Crippen LogP) is 3.05. The van der Waals surface area contributed by atoms with Gasteiger partial charge in [0, 0.05) is 11.9 Å². The van der Waals surface area contributed by atoms with Gasteiger partial charge in [-0.3, -0.25) is 0 Å². The second-order valence-electron chi connectivity index (χ2n) is 5.19. The molecular weight excluding hydrogens is 302 g/mol. The Kier molecular flexibility index (Phi) is 6.45. The molecule has 0 atom stereocenters. The first-order valence-electron chi connectivity index (χ1n) is 6.57. The van der Waals surface area contributed by atoms with Gasteiger partial charge in [0.05, 0.1) is 5.75 Å². The number of hydrogen-bond acceptors (Lipinski definition) is 2. The summed E-state index contributed by atoms with van der Waals surface area (Å²) in [4.78, 5) is 0. The third-order valence-electron chi connectivity index (χ3n) is 3.63. The van der Waals surface area contributed by atoms with Crippen LogP contribution in [0.25, 0.3) is 0 Å². The Morgan fingerprint density at radius 3 is 2.41 bits per heavy atom. The van der Waals surface area contributed by atoms with E-state index in [4.69, 9.17) is 0 Å². The molecule has 0 radical (unpaired) electrons. The van der Waals surface area contributed by atoms with E-state index in [2.05, 4.69) is 20.7 Å². The van der Waals surface area contributed by atoms with Crippen LogP contribution in [0.5, 0.6) is 0 Å².